The van der Waals surface area contributed by atoms with Crippen molar-refractivity contribution < 1.29 is 4.42 Å². The van der Waals surface area contributed by atoms with Crippen LogP contribution in [0.3, 0.4) is 0 Å². The number of nitrogens with one attached hydrogen (secondary N) is 1. The summed E-state index contributed by atoms with van der Waals surface area (Å²) in [5.41, 5.74) is 5.59. The summed E-state index contributed by atoms with van der Waals surface area (Å²) in [6.07, 6.45) is 8.63. The molecule has 2 unspecified atom stereocenters. The van der Waals surface area contributed by atoms with Gasteiger partial charge in [-0.1, -0.05) is 18.6 Å². The van der Waals surface area contributed by atoms with E-state index in [9.17, 15) is 0 Å². The second-order valence-electron chi connectivity index (χ2n) is 8.41. The number of piperidine rings is 2. The van der Waals surface area contributed by atoms with Crippen LogP contribution >= 0.6 is 0 Å². The average molecular weight is 371 g/mol. The number of benzene rings is 2. The number of nitrogens with zero attached hydrogens (tertiary/aromatic N) is 2. The van der Waals surface area contributed by atoms with E-state index in [0.29, 0.717) is 5.92 Å². The third-order valence-corrected chi connectivity index (χ3v) is 6.78. The Morgan fingerprint density at radius 3 is 2.96 bits per heavy atom. The Kier molecular flexibility index (Phi) is 3.79. The van der Waals surface area contributed by atoms with Gasteiger partial charge in [0.15, 0.2) is 0 Å². The van der Waals surface area contributed by atoms with Crippen LogP contribution in [0.5, 0.6) is 0 Å². The predicted molar refractivity (Wildman–Crippen MR) is 112 cm³/mol. The van der Waals surface area contributed by atoms with Gasteiger partial charge in [0.25, 0.3) is 0 Å². The molecule has 4 heterocycles. The van der Waals surface area contributed by atoms with E-state index in [1.165, 1.54) is 56.1 Å². The highest BCUT2D eigenvalue weighted by molar-refractivity contribution is 5.87. The maximum Gasteiger partial charge on any atom is 0.138 e. The number of hydrogen-bond acceptors (Lipinski definition) is 3. The van der Waals surface area contributed by atoms with Crippen LogP contribution in [-0.4, -0.2) is 34.0 Å². The van der Waals surface area contributed by atoms with Gasteiger partial charge in [-0.2, -0.15) is 0 Å². The fraction of sp³-hybridized carbons (Fsp3) is 0.375. The van der Waals surface area contributed by atoms with Gasteiger partial charge in [0.05, 0.1) is 17.3 Å². The monoisotopic (exact) mass is 371 g/mol. The lowest BCUT2D eigenvalue weighted by molar-refractivity contribution is 0.0975. The molecule has 2 atom stereocenters. The van der Waals surface area contributed by atoms with Crippen molar-refractivity contribution in [1.82, 2.24) is 14.9 Å². The van der Waals surface area contributed by atoms with Gasteiger partial charge >= 0.3 is 0 Å². The van der Waals surface area contributed by atoms with Crippen molar-refractivity contribution in [2.24, 2.45) is 0 Å². The molecule has 2 aliphatic rings. The Morgan fingerprint density at radius 1 is 1.04 bits per heavy atom. The van der Waals surface area contributed by atoms with E-state index in [4.69, 9.17) is 9.40 Å². The number of rotatable bonds is 2. The quantitative estimate of drug-likeness (QED) is 0.491. The van der Waals surface area contributed by atoms with Crippen LogP contribution < -0.4 is 0 Å². The van der Waals surface area contributed by atoms with Gasteiger partial charge < -0.3 is 14.3 Å². The zero-order chi connectivity index (χ0) is 18.5. The Morgan fingerprint density at radius 2 is 2.00 bits per heavy atom. The summed E-state index contributed by atoms with van der Waals surface area (Å²) in [5.74, 6) is 1.53. The lowest BCUT2D eigenvalue weighted by atomic mass is 9.82. The smallest absolute Gasteiger partial charge is 0.138 e. The summed E-state index contributed by atoms with van der Waals surface area (Å²) in [6, 6.07) is 15.4. The van der Waals surface area contributed by atoms with E-state index < -0.39 is 0 Å². The first kappa shape index (κ1) is 16.4. The molecule has 142 valence electrons. The summed E-state index contributed by atoms with van der Waals surface area (Å²) in [7, 11) is 0. The first-order chi connectivity index (χ1) is 13.8. The van der Waals surface area contributed by atoms with Crippen LogP contribution in [0.4, 0.5) is 0 Å². The summed E-state index contributed by atoms with van der Waals surface area (Å²) < 4.78 is 5.94. The molecule has 0 bridgehead atoms. The first-order valence-electron chi connectivity index (χ1n) is 10.6. The van der Waals surface area contributed by atoms with Crippen LogP contribution in [0.25, 0.3) is 33.4 Å². The summed E-state index contributed by atoms with van der Waals surface area (Å²) in [6.45, 7) is 2.52. The summed E-state index contributed by atoms with van der Waals surface area (Å²) in [4.78, 5) is 10.9. The fourth-order valence-corrected chi connectivity index (χ4v) is 5.27. The highest BCUT2D eigenvalue weighted by Gasteiger charge is 2.32. The summed E-state index contributed by atoms with van der Waals surface area (Å²) >= 11 is 0. The van der Waals surface area contributed by atoms with Gasteiger partial charge in [-0.15, -0.1) is 0 Å². The normalized spacial score (nSPS) is 23.3. The number of furan rings is 1. The molecule has 2 fully saturated rings. The Bertz CT molecular complexity index is 1110. The number of aromatic amines is 1. The number of para-hydroxylation sites is 2. The number of hydrogen-bond donors (Lipinski definition) is 1. The number of H-pyrrole nitrogens is 1. The predicted octanol–water partition coefficient (Wildman–Crippen LogP) is 5.71. The molecule has 28 heavy (non-hydrogen) atoms. The zero-order valence-corrected chi connectivity index (χ0v) is 16.0. The van der Waals surface area contributed by atoms with E-state index in [1.54, 1.807) is 0 Å². The number of imidazole rings is 1. The van der Waals surface area contributed by atoms with Crippen molar-refractivity contribution in [2.45, 2.75) is 44.1 Å². The SMILES string of the molecule is c1ccc2[nH]c(-c3ccc4occ(C5CCN6CCCCC6C5)c4c3)nc2c1. The lowest BCUT2D eigenvalue weighted by Crippen LogP contribution is -2.44. The van der Waals surface area contributed by atoms with E-state index in [-0.39, 0.29) is 0 Å². The second kappa shape index (κ2) is 6.49. The van der Waals surface area contributed by atoms with E-state index in [0.717, 1.165) is 34.0 Å². The molecule has 2 aliphatic heterocycles. The molecule has 4 aromatic rings. The van der Waals surface area contributed by atoms with Gasteiger partial charge in [-0.3, -0.25) is 0 Å². The molecule has 0 spiro atoms. The fourth-order valence-electron chi connectivity index (χ4n) is 5.27. The Hall–Kier alpha value is -2.59. The molecule has 4 heteroatoms. The molecule has 2 aromatic heterocycles. The van der Waals surface area contributed by atoms with Crippen molar-refractivity contribution >= 4 is 22.0 Å². The highest BCUT2D eigenvalue weighted by Crippen LogP contribution is 2.40. The molecule has 0 radical (unpaired) electrons. The highest BCUT2D eigenvalue weighted by atomic mass is 16.3. The minimum absolute atomic E-state index is 0.603. The average Bonchev–Trinajstić information content (AvgIpc) is 3.37. The first-order valence-corrected chi connectivity index (χ1v) is 10.6. The van der Waals surface area contributed by atoms with Gasteiger partial charge in [-0.25, -0.2) is 4.98 Å². The molecule has 1 N–H and O–H groups in total. The van der Waals surface area contributed by atoms with Gasteiger partial charge in [0, 0.05) is 22.6 Å². The van der Waals surface area contributed by atoms with E-state index >= 15 is 0 Å². The Balaban J connectivity index is 1.37. The molecule has 2 saturated heterocycles. The third-order valence-electron chi connectivity index (χ3n) is 6.78. The molecule has 0 amide bonds. The van der Waals surface area contributed by atoms with Gasteiger partial charge in [0.1, 0.15) is 11.4 Å². The van der Waals surface area contributed by atoms with E-state index in [1.807, 2.05) is 18.4 Å². The topological polar surface area (TPSA) is 45.1 Å². The van der Waals surface area contributed by atoms with E-state index in [2.05, 4.69) is 40.2 Å². The minimum atomic E-state index is 0.603. The van der Waals surface area contributed by atoms with Crippen molar-refractivity contribution in [1.29, 1.82) is 0 Å². The van der Waals surface area contributed by atoms with Crippen molar-refractivity contribution in [3.8, 4) is 11.4 Å². The van der Waals surface area contributed by atoms with Crippen molar-refractivity contribution in [2.75, 3.05) is 13.1 Å². The zero-order valence-electron chi connectivity index (χ0n) is 16.0. The molecule has 4 nitrogen and oxygen atoms in total. The molecule has 2 aromatic carbocycles. The van der Waals surface area contributed by atoms with Crippen LogP contribution in [0.2, 0.25) is 0 Å². The van der Waals surface area contributed by atoms with Crippen molar-refractivity contribution in [3.63, 3.8) is 0 Å². The maximum atomic E-state index is 5.94. The molecule has 6 rings (SSSR count). The Labute approximate surface area is 164 Å². The van der Waals surface area contributed by atoms with Crippen molar-refractivity contribution in [3.05, 3.63) is 54.3 Å². The van der Waals surface area contributed by atoms with Crippen LogP contribution in [0.1, 0.15) is 43.6 Å². The largest absolute Gasteiger partial charge is 0.464 e. The van der Waals surface area contributed by atoms with Crippen LogP contribution in [0.15, 0.2) is 53.1 Å². The standard InChI is InChI=1S/C24H25N3O/c1-2-7-22-21(6-1)25-24(26-22)17-8-9-23-19(14-17)20(15-28-23)16-10-12-27-11-4-3-5-18(27)13-16/h1-2,6-9,14-16,18H,3-5,10-13H2,(H,25,26). The van der Waals surface area contributed by atoms with Gasteiger partial charge in [-0.05, 0) is 75.0 Å². The van der Waals surface area contributed by atoms with Crippen LogP contribution in [-0.2, 0) is 0 Å². The minimum Gasteiger partial charge on any atom is -0.464 e. The molecule has 0 saturated carbocycles. The number of aromatic nitrogens is 2. The molecule has 0 aliphatic carbocycles. The maximum absolute atomic E-state index is 5.94. The molecular weight excluding hydrogens is 346 g/mol. The van der Waals surface area contributed by atoms with Crippen LogP contribution in [0, 0.1) is 0 Å². The molecular formula is C24H25N3O. The van der Waals surface area contributed by atoms with Gasteiger partial charge in [0.2, 0.25) is 0 Å². The lowest BCUT2D eigenvalue weighted by Gasteiger charge is -2.42. The second-order valence-corrected chi connectivity index (χ2v) is 8.41. The third kappa shape index (κ3) is 2.67. The number of fused-ring (bicyclic) bond motifs is 3. The summed E-state index contributed by atoms with van der Waals surface area (Å²) in [5, 5.41) is 1.26.